The van der Waals surface area contributed by atoms with Crippen LogP contribution >= 0.6 is 15.9 Å². The molecular formula is C11H17BrN4O2. The summed E-state index contributed by atoms with van der Waals surface area (Å²) in [5.74, 6) is 0.590. The molecule has 0 aliphatic carbocycles. The number of anilines is 1. The van der Waals surface area contributed by atoms with Gasteiger partial charge in [-0.05, 0) is 22.4 Å². The molecule has 0 aliphatic heterocycles. The van der Waals surface area contributed by atoms with Crippen molar-refractivity contribution in [2.24, 2.45) is 5.73 Å². The van der Waals surface area contributed by atoms with Gasteiger partial charge in [-0.2, -0.15) is 0 Å². The van der Waals surface area contributed by atoms with E-state index in [9.17, 15) is 10.1 Å². The number of aromatic nitrogens is 1. The molecule has 3 N–H and O–H groups in total. The van der Waals surface area contributed by atoms with Crippen LogP contribution in [0.1, 0.15) is 26.2 Å². The van der Waals surface area contributed by atoms with E-state index < -0.39 is 4.92 Å². The van der Waals surface area contributed by atoms with Crippen LogP contribution in [0.2, 0.25) is 0 Å². The predicted molar refractivity (Wildman–Crippen MR) is 74.6 cm³/mol. The van der Waals surface area contributed by atoms with Crippen molar-refractivity contribution >= 4 is 27.4 Å². The first-order valence-electron chi connectivity index (χ1n) is 5.85. The van der Waals surface area contributed by atoms with Crippen LogP contribution in [-0.2, 0) is 0 Å². The zero-order chi connectivity index (χ0) is 13.5. The minimum absolute atomic E-state index is 0.0368. The minimum Gasteiger partial charge on any atom is -0.365 e. The summed E-state index contributed by atoms with van der Waals surface area (Å²) < 4.78 is 0.576. The number of nitrogens with two attached hydrogens (primary N) is 1. The van der Waals surface area contributed by atoms with Crippen LogP contribution in [0.5, 0.6) is 0 Å². The zero-order valence-corrected chi connectivity index (χ0v) is 11.8. The van der Waals surface area contributed by atoms with E-state index in [-0.39, 0.29) is 11.7 Å². The quantitative estimate of drug-likeness (QED) is 0.595. The van der Waals surface area contributed by atoms with E-state index in [1.807, 2.05) is 0 Å². The van der Waals surface area contributed by atoms with Crippen molar-refractivity contribution in [3.8, 4) is 0 Å². The monoisotopic (exact) mass is 316 g/mol. The normalized spacial score (nSPS) is 12.2. The summed E-state index contributed by atoms with van der Waals surface area (Å²) in [6.45, 7) is 2.62. The zero-order valence-electron chi connectivity index (χ0n) is 10.2. The molecule has 0 fully saturated rings. The Hall–Kier alpha value is -1.21. The smallest absolute Gasteiger partial charge is 0.288 e. The van der Waals surface area contributed by atoms with Crippen LogP contribution < -0.4 is 11.1 Å². The van der Waals surface area contributed by atoms with Crippen molar-refractivity contribution in [1.29, 1.82) is 0 Å². The van der Waals surface area contributed by atoms with Gasteiger partial charge in [0.1, 0.15) is 12.0 Å². The SMILES string of the molecule is CCCCC(CN)Nc1ncc([N+](=O)[O-])cc1Br. The van der Waals surface area contributed by atoms with Crippen molar-refractivity contribution in [3.63, 3.8) is 0 Å². The van der Waals surface area contributed by atoms with E-state index in [0.717, 1.165) is 19.3 Å². The molecule has 1 aromatic heterocycles. The lowest BCUT2D eigenvalue weighted by Crippen LogP contribution is -2.29. The second-order valence-electron chi connectivity index (χ2n) is 4.00. The molecule has 0 aromatic carbocycles. The van der Waals surface area contributed by atoms with Crippen LogP contribution in [0.15, 0.2) is 16.7 Å². The fourth-order valence-corrected chi connectivity index (χ4v) is 1.98. The topological polar surface area (TPSA) is 94.1 Å². The van der Waals surface area contributed by atoms with Gasteiger partial charge in [0.15, 0.2) is 0 Å². The van der Waals surface area contributed by atoms with E-state index in [1.165, 1.54) is 12.3 Å². The van der Waals surface area contributed by atoms with Gasteiger partial charge >= 0.3 is 0 Å². The number of rotatable bonds is 7. The number of unbranched alkanes of at least 4 members (excludes halogenated alkanes) is 1. The first kappa shape index (κ1) is 14.8. The van der Waals surface area contributed by atoms with Gasteiger partial charge in [0, 0.05) is 18.7 Å². The van der Waals surface area contributed by atoms with Gasteiger partial charge in [-0.15, -0.1) is 0 Å². The Labute approximate surface area is 114 Å². The highest BCUT2D eigenvalue weighted by atomic mass is 79.9. The fraction of sp³-hybridized carbons (Fsp3) is 0.545. The summed E-state index contributed by atoms with van der Waals surface area (Å²) in [5, 5.41) is 13.8. The third-order valence-electron chi connectivity index (χ3n) is 2.57. The summed E-state index contributed by atoms with van der Waals surface area (Å²) >= 11 is 3.27. The summed E-state index contributed by atoms with van der Waals surface area (Å²) in [5.41, 5.74) is 5.64. The third-order valence-corrected chi connectivity index (χ3v) is 3.17. The standard InChI is InChI=1S/C11H17BrN4O2/c1-2-3-4-8(6-13)15-11-10(12)5-9(7-14-11)16(17)18/h5,7-8H,2-4,6,13H2,1H3,(H,14,15). The molecule has 0 aliphatic rings. The first-order chi connectivity index (χ1) is 8.58. The summed E-state index contributed by atoms with van der Waals surface area (Å²) in [6, 6.07) is 1.57. The molecule has 0 radical (unpaired) electrons. The van der Waals surface area contributed by atoms with Gasteiger partial charge in [-0.3, -0.25) is 10.1 Å². The molecule has 100 valence electrons. The van der Waals surface area contributed by atoms with Gasteiger partial charge in [0.2, 0.25) is 0 Å². The minimum atomic E-state index is -0.473. The number of halogens is 1. The number of nitrogens with zero attached hydrogens (tertiary/aromatic N) is 2. The first-order valence-corrected chi connectivity index (χ1v) is 6.64. The summed E-state index contributed by atoms with van der Waals surface area (Å²) in [4.78, 5) is 14.2. The number of nitro groups is 1. The van der Waals surface area contributed by atoms with Crippen molar-refractivity contribution in [2.75, 3.05) is 11.9 Å². The van der Waals surface area contributed by atoms with Gasteiger partial charge in [0.25, 0.3) is 5.69 Å². The maximum absolute atomic E-state index is 10.6. The van der Waals surface area contributed by atoms with E-state index in [1.54, 1.807) is 0 Å². The van der Waals surface area contributed by atoms with Crippen LogP contribution in [-0.4, -0.2) is 22.5 Å². The lowest BCUT2D eigenvalue weighted by Gasteiger charge is -2.17. The highest BCUT2D eigenvalue weighted by Gasteiger charge is 2.13. The molecular weight excluding hydrogens is 300 g/mol. The molecule has 6 nitrogen and oxygen atoms in total. The second kappa shape index (κ2) is 7.27. The molecule has 18 heavy (non-hydrogen) atoms. The summed E-state index contributed by atoms with van der Waals surface area (Å²) in [7, 11) is 0. The largest absolute Gasteiger partial charge is 0.365 e. The molecule has 0 spiro atoms. The van der Waals surface area contributed by atoms with Crippen molar-refractivity contribution < 1.29 is 4.92 Å². The lowest BCUT2D eigenvalue weighted by atomic mass is 10.1. The Morgan fingerprint density at radius 1 is 1.67 bits per heavy atom. The lowest BCUT2D eigenvalue weighted by molar-refractivity contribution is -0.385. The van der Waals surface area contributed by atoms with Crippen molar-refractivity contribution in [1.82, 2.24) is 4.98 Å². The highest BCUT2D eigenvalue weighted by molar-refractivity contribution is 9.10. The molecule has 0 saturated carbocycles. The number of pyridine rings is 1. The van der Waals surface area contributed by atoms with Crippen LogP contribution in [0.4, 0.5) is 11.5 Å². The Balaban J connectivity index is 2.74. The Kier molecular flexibility index (Phi) is 6.00. The fourth-order valence-electron chi connectivity index (χ4n) is 1.53. The Bertz CT molecular complexity index is 414. The van der Waals surface area contributed by atoms with Crippen molar-refractivity contribution in [2.45, 2.75) is 32.2 Å². The van der Waals surface area contributed by atoms with E-state index in [0.29, 0.717) is 16.8 Å². The third kappa shape index (κ3) is 4.23. The molecule has 1 aromatic rings. The number of hydrogen-bond donors (Lipinski definition) is 2. The molecule has 7 heteroatoms. The van der Waals surface area contributed by atoms with Crippen LogP contribution in [0.25, 0.3) is 0 Å². The number of nitrogens with one attached hydrogen (secondary N) is 1. The van der Waals surface area contributed by atoms with E-state index in [4.69, 9.17) is 5.73 Å². The van der Waals surface area contributed by atoms with Gasteiger partial charge < -0.3 is 11.1 Å². The Morgan fingerprint density at radius 2 is 2.39 bits per heavy atom. The highest BCUT2D eigenvalue weighted by Crippen LogP contribution is 2.25. The predicted octanol–water partition coefficient (Wildman–Crippen LogP) is 2.68. The average molecular weight is 317 g/mol. The molecule has 0 bridgehead atoms. The molecule has 0 amide bonds. The van der Waals surface area contributed by atoms with Gasteiger partial charge in [-0.25, -0.2) is 4.98 Å². The maximum Gasteiger partial charge on any atom is 0.288 e. The Morgan fingerprint density at radius 3 is 2.89 bits per heavy atom. The maximum atomic E-state index is 10.6. The van der Waals surface area contributed by atoms with Gasteiger partial charge in [0.05, 0.1) is 9.40 Å². The molecule has 1 rings (SSSR count). The molecule has 1 atom stereocenters. The second-order valence-corrected chi connectivity index (χ2v) is 4.85. The van der Waals surface area contributed by atoms with Crippen LogP contribution in [0.3, 0.4) is 0 Å². The van der Waals surface area contributed by atoms with E-state index >= 15 is 0 Å². The molecule has 0 saturated heterocycles. The number of hydrogen-bond acceptors (Lipinski definition) is 5. The average Bonchev–Trinajstić information content (AvgIpc) is 2.35. The van der Waals surface area contributed by atoms with Crippen LogP contribution in [0, 0.1) is 10.1 Å². The van der Waals surface area contributed by atoms with E-state index in [2.05, 4.69) is 33.2 Å². The summed E-state index contributed by atoms with van der Waals surface area (Å²) in [6.07, 6.45) is 4.38. The van der Waals surface area contributed by atoms with Gasteiger partial charge in [-0.1, -0.05) is 19.8 Å². The van der Waals surface area contributed by atoms with Crippen molar-refractivity contribution in [3.05, 3.63) is 26.9 Å². The molecule has 1 heterocycles. The molecule has 1 unspecified atom stereocenters.